The molecule has 28 heavy (non-hydrogen) atoms. The average Bonchev–Trinajstić information content (AvgIpc) is 2.97. The van der Waals surface area contributed by atoms with Crippen LogP contribution in [0.4, 0.5) is 10.5 Å². The van der Waals surface area contributed by atoms with Crippen LogP contribution in [0, 0.1) is 0 Å². The van der Waals surface area contributed by atoms with Crippen molar-refractivity contribution >= 4 is 34.9 Å². The van der Waals surface area contributed by atoms with Crippen LogP contribution < -0.4 is 16.2 Å². The van der Waals surface area contributed by atoms with E-state index in [9.17, 15) is 14.4 Å². The molecule has 0 saturated heterocycles. The Labute approximate surface area is 167 Å². The van der Waals surface area contributed by atoms with Gasteiger partial charge in [-0.25, -0.2) is 4.79 Å². The van der Waals surface area contributed by atoms with E-state index in [0.717, 1.165) is 25.7 Å². The van der Waals surface area contributed by atoms with Crippen LogP contribution in [0.25, 0.3) is 0 Å². The first-order chi connectivity index (χ1) is 13.6. The van der Waals surface area contributed by atoms with Gasteiger partial charge in [0.25, 0.3) is 11.8 Å². The predicted octanol–water partition coefficient (Wildman–Crippen LogP) is 3.66. The van der Waals surface area contributed by atoms with Gasteiger partial charge in [-0.1, -0.05) is 12.5 Å². The summed E-state index contributed by atoms with van der Waals surface area (Å²) in [4.78, 5) is 38.0. The molecule has 1 aromatic carbocycles. The highest BCUT2D eigenvalue weighted by molar-refractivity contribution is 7.14. The molecule has 0 aliphatic heterocycles. The fourth-order valence-corrected chi connectivity index (χ4v) is 4.20. The van der Waals surface area contributed by atoms with E-state index in [0.29, 0.717) is 16.1 Å². The smallest absolute Gasteiger partial charge is 0.411 e. The summed E-state index contributed by atoms with van der Waals surface area (Å²) in [5.41, 5.74) is 6.86. The Morgan fingerprint density at radius 2 is 1.82 bits per heavy atom. The summed E-state index contributed by atoms with van der Waals surface area (Å²) >= 11 is 1.49. The molecule has 7 nitrogen and oxygen atoms in total. The fourth-order valence-electron chi connectivity index (χ4n) is 3.05. The first-order valence-corrected chi connectivity index (χ1v) is 10.1. The maximum Gasteiger partial charge on any atom is 0.411 e. The van der Waals surface area contributed by atoms with Crippen LogP contribution in [0.1, 0.15) is 56.7 Å². The summed E-state index contributed by atoms with van der Waals surface area (Å²) in [6, 6.07) is 8.30. The second kappa shape index (κ2) is 9.36. The maximum atomic E-state index is 12.4. The Morgan fingerprint density at radius 3 is 2.64 bits per heavy atom. The van der Waals surface area contributed by atoms with E-state index in [1.165, 1.54) is 34.3 Å². The molecule has 0 radical (unpaired) electrons. The average molecular weight is 401 g/mol. The molecule has 0 unspecified atom stereocenters. The molecule has 0 fully saturated rings. The van der Waals surface area contributed by atoms with E-state index >= 15 is 0 Å². The Morgan fingerprint density at radius 1 is 1.04 bits per heavy atom. The summed E-state index contributed by atoms with van der Waals surface area (Å²) in [6.45, 7) is 1.96. The van der Waals surface area contributed by atoms with Gasteiger partial charge in [0.05, 0.1) is 11.5 Å². The lowest BCUT2D eigenvalue weighted by Crippen LogP contribution is -2.41. The molecule has 0 spiro atoms. The number of hydrogen-bond donors (Lipinski definition) is 3. The number of hydrazine groups is 1. The van der Waals surface area contributed by atoms with Crippen molar-refractivity contribution in [3.63, 3.8) is 0 Å². The van der Waals surface area contributed by atoms with E-state index in [-0.39, 0.29) is 12.5 Å². The molecule has 8 heteroatoms. The maximum absolute atomic E-state index is 12.4. The summed E-state index contributed by atoms with van der Waals surface area (Å²) < 4.78 is 4.81. The topological polar surface area (TPSA) is 96.5 Å². The van der Waals surface area contributed by atoms with Crippen molar-refractivity contribution < 1.29 is 19.1 Å². The van der Waals surface area contributed by atoms with Gasteiger partial charge in [0.1, 0.15) is 0 Å². The standard InChI is InChI=1S/C20H23N3O4S/c1-2-27-20(26)21-15-9-6-8-14(11-15)18(24)22-23-19(25)17-12-13-7-4-3-5-10-16(13)28-17/h6,8-9,11-12H,2-5,7,10H2,1H3,(H,21,26)(H,22,24)(H,23,25). The number of anilines is 1. The van der Waals surface area contributed by atoms with Crippen LogP contribution in [-0.4, -0.2) is 24.5 Å². The van der Waals surface area contributed by atoms with Gasteiger partial charge in [-0.15, -0.1) is 11.3 Å². The molecular formula is C20H23N3O4S. The van der Waals surface area contributed by atoms with Crippen molar-refractivity contribution in [2.45, 2.75) is 39.0 Å². The number of rotatable bonds is 4. The van der Waals surface area contributed by atoms with E-state index in [2.05, 4.69) is 16.2 Å². The number of ether oxygens (including phenoxy) is 1. The van der Waals surface area contributed by atoms with Gasteiger partial charge in [-0.2, -0.15) is 0 Å². The van der Waals surface area contributed by atoms with Crippen LogP contribution in [0.15, 0.2) is 30.3 Å². The zero-order valence-electron chi connectivity index (χ0n) is 15.7. The second-order valence-corrected chi connectivity index (χ2v) is 7.59. The monoisotopic (exact) mass is 401 g/mol. The molecule has 3 amide bonds. The first-order valence-electron chi connectivity index (χ1n) is 9.33. The third kappa shape index (κ3) is 5.10. The minimum absolute atomic E-state index is 0.254. The number of amides is 3. The molecule has 0 atom stereocenters. The predicted molar refractivity (Wildman–Crippen MR) is 108 cm³/mol. The highest BCUT2D eigenvalue weighted by Gasteiger charge is 2.17. The van der Waals surface area contributed by atoms with Crippen molar-refractivity contribution in [2.75, 3.05) is 11.9 Å². The Hall–Kier alpha value is -2.87. The molecule has 1 aliphatic carbocycles. The van der Waals surface area contributed by atoms with Crippen molar-refractivity contribution in [1.82, 2.24) is 10.9 Å². The summed E-state index contributed by atoms with van der Waals surface area (Å²) in [7, 11) is 0. The van der Waals surface area contributed by atoms with Gasteiger partial charge < -0.3 is 4.74 Å². The summed E-state index contributed by atoms with van der Waals surface area (Å²) in [5, 5.41) is 2.53. The first kappa shape index (κ1) is 19.9. The van der Waals surface area contributed by atoms with Gasteiger partial charge in [0.2, 0.25) is 0 Å². The number of aryl methyl sites for hydroxylation is 2. The van der Waals surface area contributed by atoms with Crippen LogP contribution in [0.2, 0.25) is 0 Å². The van der Waals surface area contributed by atoms with Crippen molar-refractivity contribution in [1.29, 1.82) is 0 Å². The molecular weight excluding hydrogens is 378 g/mol. The van der Waals surface area contributed by atoms with Crippen LogP contribution in [0.5, 0.6) is 0 Å². The molecule has 0 bridgehead atoms. The SMILES string of the molecule is CCOC(=O)Nc1cccc(C(=O)NNC(=O)c2cc3c(s2)CCCCC3)c1. The zero-order valence-corrected chi connectivity index (χ0v) is 16.5. The minimum atomic E-state index is -0.592. The van der Waals surface area contributed by atoms with Gasteiger partial charge in [-0.3, -0.25) is 25.8 Å². The quantitative estimate of drug-likeness (QED) is 0.538. The lowest BCUT2D eigenvalue weighted by Gasteiger charge is -2.09. The molecule has 1 heterocycles. The minimum Gasteiger partial charge on any atom is -0.450 e. The lowest BCUT2D eigenvalue weighted by atomic mass is 10.1. The number of hydrogen-bond acceptors (Lipinski definition) is 5. The number of fused-ring (bicyclic) bond motifs is 1. The van der Waals surface area contributed by atoms with E-state index in [1.54, 1.807) is 25.1 Å². The largest absolute Gasteiger partial charge is 0.450 e. The Balaban J connectivity index is 1.58. The van der Waals surface area contributed by atoms with Gasteiger partial charge in [0, 0.05) is 16.1 Å². The van der Waals surface area contributed by atoms with Gasteiger partial charge in [0.15, 0.2) is 0 Å². The second-order valence-electron chi connectivity index (χ2n) is 6.45. The Bertz CT molecular complexity index is 855. The van der Waals surface area contributed by atoms with E-state index < -0.39 is 12.0 Å². The highest BCUT2D eigenvalue weighted by atomic mass is 32.1. The molecule has 3 rings (SSSR count). The Kier molecular flexibility index (Phi) is 6.65. The normalized spacial score (nSPS) is 13.0. The van der Waals surface area contributed by atoms with Crippen molar-refractivity contribution in [3.05, 3.63) is 51.2 Å². The number of carbonyl (C=O) groups is 3. The molecule has 3 N–H and O–H groups in total. The molecule has 1 aliphatic rings. The van der Waals surface area contributed by atoms with E-state index in [1.807, 2.05) is 6.07 Å². The van der Waals surface area contributed by atoms with Crippen LogP contribution >= 0.6 is 11.3 Å². The van der Waals surface area contributed by atoms with E-state index in [4.69, 9.17) is 4.74 Å². The summed E-state index contributed by atoms with van der Waals surface area (Å²) in [6.07, 6.45) is 4.96. The molecule has 148 valence electrons. The number of carbonyl (C=O) groups excluding carboxylic acids is 3. The third-order valence-corrected chi connectivity index (χ3v) is 5.64. The molecule has 0 saturated carbocycles. The van der Waals surface area contributed by atoms with Gasteiger partial charge in [-0.05, 0) is 62.4 Å². The van der Waals surface area contributed by atoms with Crippen LogP contribution in [-0.2, 0) is 17.6 Å². The lowest BCUT2D eigenvalue weighted by molar-refractivity contribution is 0.0849. The highest BCUT2D eigenvalue weighted by Crippen LogP contribution is 2.28. The van der Waals surface area contributed by atoms with Crippen molar-refractivity contribution in [3.8, 4) is 0 Å². The zero-order chi connectivity index (χ0) is 19.9. The van der Waals surface area contributed by atoms with Gasteiger partial charge >= 0.3 is 6.09 Å². The number of thiophene rings is 1. The molecule has 1 aromatic heterocycles. The van der Waals surface area contributed by atoms with Crippen LogP contribution in [0.3, 0.4) is 0 Å². The molecule has 2 aromatic rings. The third-order valence-electron chi connectivity index (χ3n) is 4.41. The number of nitrogens with one attached hydrogen (secondary N) is 3. The fraction of sp³-hybridized carbons (Fsp3) is 0.350. The number of benzene rings is 1. The summed E-state index contributed by atoms with van der Waals surface area (Å²) in [5.74, 6) is -0.800. The van der Waals surface area contributed by atoms with Crippen molar-refractivity contribution in [2.24, 2.45) is 0 Å².